The second-order valence-corrected chi connectivity index (χ2v) is 6.31. The van der Waals surface area contributed by atoms with Crippen LogP contribution in [0.1, 0.15) is 30.5 Å². The van der Waals surface area contributed by atoms with Crippen LogP contribution in [0, 0.1) is 6.92 Å². The summed E-state index contributed by atoms with van der Waals surface area (Å²) < 4.78 is 5.34. The molecule has 2 aromatic carbocycles. The summed E-state index contributed by atoms with van der Waals surface area (Å²) >= 11 is 0. The Hall–Kier alpha value is -2.29. The molecule has 0 atom stereocenters. The topological polar surface area (TPSA) is 38.3 Å². The first-order chi connectivity index (χ1) is 10.9. The molecule has 2 rings (SSSR count). The van der Waals surface area contributed by atoms with Gasteiger partial charge in [-0.05, 0) is 44.4 Å². The molecular weight excluding hydrogens is 286 g/mol. The van der Waals surface area contributed by atoms with Crippen LogP contribution in [0.25, 0.3) is 0 Å². The highest BCUT2D eigenvalue weighted by atomic mass is 16.5. The minimum atomic E-state index is -0.547. The van der Waals surface area contributed by atoms with Crippen LogP contribution in [0.4, 0.5) is 0 Å². The van der Waals surface area contributed by atoms with E-state index in [1.807, 2.05) is 69.3 Å². The number of para-hydroxylation sites is 1. The van der Waals surface area contributed by atoms with Gasteiger partial charge in [0.05, 0.1) is 12.5 Å². The Kier molecular flexibility index (Phi) is 5.43. The van der Waals surface area contributed by atoms with Crippen LogP contribution >= 0.6 is 0 Å². The highest BCUT2D eigenvalue weighted by Crippen LogP contribution is 2.24. The Morgan fingerprint density at radius 2 is 1.74 bits per heavy atom. The molecule has 0 aliphatic carbocycles. The third-order valence-electron chi connectivity index (χ3n) is 4.21. The van der Waals surface area contributed by atoms with E-state index in [0.29, 0.717) is 6.54 Å². The fraction of sp³-hybridized carbons (Fsp3) is 0.350. The summed E-state index contributed by atoms with van der Waals surface area (Å²) in [6.07, 6.45) is 0.750. The van der Waals surface area contributed by atoms with Gasteiger partial charge in [-0.2, -0.15) is 0 Å². The molecule has 0 aliphatic heterocycles. The zero-order chi connectivity index (χ0) is 16.9. The third kappa shape index (κ3) is 4.13. The molecule has 3 nitrogen and oxygen atoms in total. The van der Waals surface area contributed by atoms with Crippen LogP contribution in [0.5, 0.6) is 5.75 Å². The summed E-state index contributed by atoms with van der Waals surface area (Å²) in [5, 5.41) is 3.04. The average Bonchev–Trinajstić information content (AvgIpc) is 2.55. The standard InChI is InChI=1S/C20H25NO2/c1-15-9-11-17(12-10-15)20(2,3)19(22)21-14-13-16-7-5-6-8-18(16)23-4/h5-12H,13-14H2,1-4H3,(H,21,22). The van der Waals surface area contributed by atoms with Crippen LogP contribution in [-0.4, -0.2) is 19.6 Å². The van der Waals surface area contributed by atoms with Crippen molar-refractivity contribution in [3.8, 4) is 5.75 Å². The Morgan fingerprint density at radius 3 is 2.39 bits per heavy atom. The predicted octanol–water partition coefficient (Wildman–Crippen LogP) is 3.64. The predicted molar refractivity (Wildman–Crippen MR) is 93.9 cm³/mol. The number of carbonyl (C=O) groups is 1. The van der Waals surface area contributed by atoms with Gasteiger partial charge in [0.15, 0.2) is 0 Å². The van der Waals surface area contributed by atoms with E-state index in [9.17, 15) is 4.79 Å². The van der Waals surface area contributed by atoms with Crippen molar-refractivity contribution in [2.45, 2.75) is 32.6 Å². The third-order valence-corrected chi connectivity index (χ3v) is 4.21. The summed E-state index contributed by atoms with van der Waals surface area (Å²) in [7, 11) is 1.66. The van der Waals surface area contributed by atoms with Gasteiger partial charge in [-0.15, -0.1) is 0 Å². The molecule has 0 saturated carbocycles. The zero-order valence-corrected chi connectivity index (χ0v) is 14.3. The SMILES string of the molecule is COc1ccccc1CCNC(=O)C(C)(C)c1ccc(C)cc1. The summed E-state index contributed by atoms with van der Waals surface area (Å²) in [5.74, 6) is 0.899. The maximum atomic E-state index is 12.6. The molecule has 0 unspecified atom stereocenters. The number of nitrogens with one attached hydrogen (secondary N) is 1. The van der Waals surface area contributed by atoms with Crippen LogP contribution in [-0.2, 0) is 16.6 Å². The molecule has 0 bridgehead atoms. The number of amides is 1. The number of rotatable bonds is 6. The molecule has 0 fully saturated rings. The smallest absolute Gasteiger partial charge is 0.230 e. The summed E-state index contributed by atoms with van der Waals surface area (Å²) in [5.41, 5.74) is 2.77. The minimum Gasteiger partial charge on any atom is -0.496 e. The van der Waals surface area contributed by atoms with Crippen molar-refractivity contribution in [1.29, 1.82) is 0 Å². The Bertz CT molecular complexity index is 660. The van der Waals surface area contributed by atoms with Gasteiger partial charge in [0.25, 0.3) is 0 Å². The molecule has 3 heteroatoms. The van der Waals surface area contributed by atoms with Crippen molar-refractivity contribution < 1.29 is 9.53 Å². The molecule has 0 radical (unpaired) electrons. The molecule has 1 N–H and O–H groups in total. The number of ether oxygens (including phenoxy) is 1. The second kappa shape index (κ2) is 7.32. The van der Waals surface area contributed by atoms with E-state index < -0.39 is 5.41 Å². The highest BCUT2D eigenvalue weighted by Gasteiger charge is 2.29. The normalized spacial score (nSPS) is 11.1. The maximum Gasteiger partial charge on any atom is 0.230 e. The fourth-order valence-electron chi connectivity index (χ4n) is 2.54. The van der Waals surface area contributed by atoms with E-state index >= 15 is 0 Å². The molecule has 0 spiro atoms. The van der Waals surface area contributed by atoms with E-state index in [2.05, 4.69) is 5.32 Å². The largest absolute Gasteiger partial charge is 0.496 e. The van der Waals surface area contributed by atoms with Crippen molar-refractivity contribution in [1.82, 2.24) is 5.32 Å². The van der Waals surface area contributed by atoms with E-state index in [1.165, 1.54) is 5.56 Å². The van der Waals surface area contributed by atoms with Crippen molar-refractivity contribution in [2.24, 2.45) is 0 Å². The van der Waals surface area contributed by atoms with Gasteiger partial charge in [0.1, 0.15) is 5.75 Å². The summed E-state index contributed by atoms with van der Waals surface area (Å²) in [6, 6.07) is 16.0. The van der Waals surface area contributed by atoms with Gasteiger partial charge in [0, 0.05) is 6.54 Å². The Morgan fingerprint density at radius 1 is 1.09 bits per heavy atom. The van der Waals surface area contributed by atoms with Gasteiger partial charge in [-0.1, -0.05) is 48.0 Å². The van der Waals surface area contributed by atoms with Crippen molar-refractivity contribution in [2.75, 3.05) is 13.7 Å². The van der Waals surface area contributed by atoms with E-state index in [4.69, 9.17) is 4.74 Å². The quantitative estimate of drug-likeness (QED) is 0.884. The second-order valence-electron chi connectivity index (χ2n) is 6.31. The fourth-order valence-corrected chi connectivity index (χ4v) is 2.54. The lowest BCUT2D eigenvalue weighted by molar-refractivity contribution is -0.125. The first-order valence-electron chi connectivity index (χ1n) is 7.92. The number of methoxy groups -OCH3 is 1. The first kappa shape index (κ1) is 17.1. The van der Waals surface area contributed by atoms with Crippen LogP contribution < -0.4 is 10.1 Å². The number of carbonyl (C=O) groups excluding carboxylic acids is 1. The molecule has 0 aromatic heterocycles. The van der Waals surface area contributed by atoms with Crippen LogP contribution in [0.2, 0.25) is 0 Å². The van der Waals surface area contributed by atoms with E-state index in [1.54, 1.807) is 7.11 Å². The summed E-state index contributed by atoms with van der Waals surface area (Å²) in [4.78, 5) is 12.6. The first-order valence-corrected chi connectivity index (χ1v) is 7.92. The van der Waals surface area contributed by atoms with Gasteiger partial charge in [0.2, 0.25) is 5.91 Å². The molecule has 2 aromatic rings. The monoisotopic (exact) mass is 311 g/mol. The Balaban J connectivity index is 1.97. The lowest BCUT2D eigenvalue weighted by Gasteiger charge is -2.24. The van der Waals surface area contributed by atoms with Gasteiger partial charge >= 0.3 is 0 Å². The number of aryl methyl sites for hydroxylation is 1. The van der Waals surface area contributed by atoms with Crippen molar-refractivity contribution in [3.05, 3.63) is 65.2 Å². The van der Waals surface area contributed by atoms with Crippen LogP contribution in [0.3, 0.4) is 0 Å². The number of hydrogen-bond acceptors (Lipinski definition) is 2. The zero-order valence-electron chi connectivity index (χ0n) is 14.3. The lowest BCUT2D eigenvalue weighted by Crippen LogP contribution is -2.40. The van der Waals surface area contributed by atoms with Gasteiger partial charge in [-0.25, -0.2) is 0 Å². The highest BCUT2D eigenvalue weighted by molar-refractivity contribution is 5.87. The maximum absolute atomic E-state index is 12.6. The number of hydrogen-bond donors (Lipinski definition) is 1. The summed E-state index contributed by atoms with van der Waals surface area (Å²) in [6.45, 7) is 6.55. The number of benzene rings is 2. The van der Waals surface area contributed by atoms with Crippen molar-refractivity contribution in [3.63, 3.8) is 0 Å². The molecule has 0 saturated heterocycles. The Labute approximate surface area is 138 Å². The molecule has 0 aliphatic rings. The molecule has 0 heterocycles. The van der Waals surface area contributed by atoms with Crippen LogP contribution in [0.15, 0.2) is 48.5 Å². The minimum absolute atomic E-state index is 0.0382. The van der Waals surface area contributed by atoms with E-state index in [0.717, 1.165) is 23.3 Å². The van der Waals surface area contributed by atoms with Crippen molar-refractivity contribution >= 4 is 5.91 Å². The molecular formula is C20H25NO2. The van der Waals surface area contributed by atoms with Gasteiger partial charge in [-0.3, -0.25) is 4.79 Å². The lowest BCUT2D eigenvalue weighted by atomic mass is 9.83. The average molecular weight is 311 g/mol. The molecule has 1 amide bonds. The molecule has 23 heavy (non-hydrogen) atoms. The molecule has 122 valence electrons. The van der Waals surface area contributed by atoms with E-state index in [-0.39, 0.29) is 5.91 Å². The van der Waals surface area contributed by atoms with Gasteiger partial charge < -0.3 is 10.1 Å².